The monoisotopic (exact) mass is 221 g/mol. The first-order chi connectivity index (χ1) is 7.80. The Hall–Kier alpha value is -1.55. The molecular weight excluding hydrogens is 206 g/mol. The standard InChI is InChI=1S/C12H15NO3/c1-15-11-4-2-3-10(7-11)12(8-13-14)5-6-16-9-12/h2-4,7-8,14H,5-6,9H2,1H3. The zero-order valence-electron chi connectivity index (χ0n) is 9.22. The summed E-state index contributed by atoms with van der Waals surface area (Å²) in [6.45, 7) is 1.23. The van der Waals surface area contributed by atoms with Crippen molar-refractivity contribution < 1.29 is 14.7 Å². The van der Waals surface area contributed by atoms with Crippen LogP contribution in [0.2, 0.25) is 0 Å². The molecule has 16 heavy (non-hydrogen) atoms. The van der Waals surface area contributed by atoms with E-state index in [4.69, 9.17) is 14.7 Å². The van der Waals surface area contributed by atoms with E-state index in [1.807, 2.05) is 24.3 Å². The van der Waals surface area contributed by atoms with E-state index in [-0.39, 0.29) is 5.41 Å². The molecule has 1 aromatic carbocycles. The maximum absolute atomic E-state index is 8.76. The smallest absolute Gasteiger partial charge is 0.119 e. The molecule has 1 aliphatic heterocycles. The molecule has 1 saturated heterocycles. The van der Waals surface area contributed by atoms with E-state index in [2.05, 4.69) is 5.16 Å². The van der Waals surface area contributed by atoms with Crippen molar-refractivity contribution in [2.24, 2.45) is 5.16 Å². The van der Waals surface area contributed by atoms with E-state index >= 15 is 0 Å². The van der Waals surface area contributed by atoms with Gasteiger partial charge >= 0.3 is 0 Å². The summed E-state index contributed by atoms with van der Waals surface area (Å²) in [6.07, 6.45) is 2.37. The van der Waals surface area contributed by atoms with Gasteiger partial charge in [-0.15, -0.1) is 5.16 Å². The highest BCUT2D eigenvalue weighted by Crippen LogP contribution is 2.33. The first-order valence-corrected chi connectivity index (χ1v) is 5.22. The number of oxime groups is 1. The molecule has 0 aliphatic carbocycles. The van der Waals surface area contributed by atoms with Crippen LogP contribution < -0.4 is 4.74 Å². The molecule has 0 amide bonds. The second-order valence-corrected chi connectivity index (χ2v) is 3.94. The first-order valence-electron chi connectivity index (χ1n) is 5.22. The average Bonchev–Trinajstić information content (AvgIpc) is 2.80. The molecule has 2 rings (SSSR count). The SMILES string of the molecule is COc1cccc(C2(C=NO)CCOC2)c1. The van der Waals surface area contributed by atoms with Crippen LogP contribution in [0.15, 0.2) is 29.4 Å². The number of nitrogens with zero attached hydrogens (tertiary/aromatic N) is 1. The average molecular weight is 221 g/mol. The van der Waals surface area contributed by atoms with Gasteiger partial charge in [0.1, 0.15) is 5.75 Å². The van der Waals surface area contributed by atoms with E-state index in [9.17, 15) is 0 Å². The topological polar surface area (TPSA) is 51.0 Å². The van der Waals surface area contributed by atoms with Crippen molar-refractivity contribution in [3.05, 3.63) is 29.8 Å². The molecule has 1 aliphatic rings. The summed E-state index contributed by atoms with van der Waals surface area (Å²) < 4.78 is 10.6. The maximum Gasteiger partial charge on any atom is 0.119 e. The second kappa shape index (κ2) is 4.53. The molecule has 1 unspecified atom stereocenters. The van der Waals surface area contributed by atoms with E-state index < -0.39 is 0 Å². The van der Waals surface area contributed by atoms with Crippen molar-refractivity contribution in [2.45, 2.75) is 11.8 Å². The van der Waals surface area contributed by atoms with E-state index in [1.165, 1.54) is 0 Å². The molecule has 0 radical (unpaired) electrons. The molecule has 1 fully saturated rings. The number of hydrogen-bond donors (Lipinski definition) is 1. The number of ether oxygens (including phenoxy) is 2. The zero-order valence-corrected chi connectivity index (χ0v) is 9.22. The second-order valence-electron chi connectivity index (χ2n) is 3.94. The highest BCUT2D eigenvalue weighted by atomic mass is 16.5. The third-order valence-electron chi connectivity index (χ3n) is 3.00. The van der Waals surface area contributed by atoms with E-state index in [0.717, 1.165) is 17.7 Å². The van der Waals surface area contributed by atoms with Crippen molar-refractivity contribution in [2.75, 3.05) is 20.3 Å². The fraction of sp³-hybridized carbons (Fsp3) is 0.417. The quantitative estimate of drug-likeness (QED) is 0.481. The lowest BCUT2D eigenvalue weighted by atomic mass is 9.81. The Bertz CT molecular complexity index is 384. The van der Waals surface area contributed by atoms with Crippen molar-refractivity contribution in [1.82, 2.24) is 0 Å². The van der Waals surface area contributed by atoms with Crippen molar-refractivity contribution >= 4 is 6.21 Å². The largest absolute Gasteiger partial charge is 0.497 e. The van der Waals surface area contributed by atoms with Crippen LogP contribution in [0.25, 0.3) is 0 Å². The number of hydrogen-bond acceptors (Lipinski definition) is 4. The van der Waals surface area contributed by atoms with E-state index in [1.54, 1.807) is 13.3 Å². The van der Waals surface area contributed by atoms with Crippen molar-refractivity contribution in [3.63, 3.8) is 0 Å². The molecule has 1 heterocycles. The molecule has 86 valence electrons. The van der Waals surface area contributed by atoms with Crippen LogP contribution in [0.4, 0.5) is 0 Å². The van der Waals surface area contributed by atoms with Gasteiger partial charge in [0.25, 0.3) is 0 Å². The Kier molecular flexibility index (Phi) is 3.10. The van der Waals surface area contributed by atoms with Gasteiger partial charge in [-0.25, -0.2) is 0 Å². The summed E-state index contributed by atoms with van der Waals surface area (Å²) in [5.41, 5.74) is 0.741. The minimum absolute atomic E-state index is 0.316. The third kappa shape index (κ3) is 1.88. The molecule has 1 N–H and O–H groups in total. The Morgan fingerprint density at radius 3 is 3.06 bits per heavy atom. The van der Waals surface area contributed by atoms with Gasteiger partial charge in [0.15, 0.2) is 0 Å². The summed E-state index contributed by atoms with van der Waals surface area (Å²) >= 11 is 0. The molecule has 4 nitrogen and oxygen atoms in total. The van der Waals surface area contributed by atoms with Crippen molar-refractivity contribution in [1.29, 1.82) is 0 Å². The van der Waals surface area contributed by atoms with Crippen LogP contribution in [0.3, 0.4) is 0 Å². The molecule has 4 heteroatoms. The van der Waals surface area contributed by atoms with Gasteiger partial charge in [-0.2, -0.15) is 0 Å². The third-order valence-corrected chi connectivity index (χ3v) is 3.00. The molecule has 1 atom stereocenters. The minimum atomic E-state index is -0.316. The Morgan fingerprint density at radius 2 is 2.44 bits per heavy atom. The number of benzene rings is 1. The van der Waals surface area contributed by atoms with Crippen molar-refractivity contribution in [3.8, 4) is 5.75 Å². The van der Waals surface area contributed by atoms with Crippen LogP contribution in [-0.2, 0) is 10.2 Å². The zero-order chi connectivity index (χ0) is 11.4. The fourth-order valence-electron chi connectivity index (χ4n) is 2.03. The number of rotatable bonds is 3. The minimum Gasteiger partial charge on any atom is -0.497 e. The highest BCUT2D eigenvalue weighted by Gasteiger charge is 2.35. The van der Waals surface area contributed by atoms with Gasteiger partial charge in [0.2, 0.25) is 0 Å². The molecule has 0 spiro atoms. The number of methoxy groups -OCH3 is 1. The van der Waals surface area contributed by atoms with Crippen LogP contribution in [0.1, 0.15) is 12.0 Å². The first kappa shape index (κ1) is 11.0. The lowest BCUT2D eigenvalue weighted by molar-refractivity contribution is 0.187. The lowest BCUT2D eigenvalue weighted by Gasteiger charge is -2.22. The van der Waals surface area contributed by atoms with Crippen LogP contribution in [-0.4, -0.2) is 31.7 Å². The molecular formula is C12H15NO3. The predicted molar refractivity (Wildman–Crippen MR) is 60.4 cm³/mol. The summed E-state index contributed by atoms with van der Waals surface area (Å²) in [7, 11) is 1.64. The summed E-state index contributed by atoms with van der Waals surface area (Å²) in [5.74, 6) is 0.801. The summed E-state index contributed by atoms with van der Waals surface area (Å²) in [4.78, 5) is 0. The molecule has 0 saturated carbocycles. The molecule has 1 aromatic rings. The van der Waals surface area contributed by atoms with E-state index in [0.29, 0.717) is 13.2 Å². The maximum atomic E-state index is 8.76. The van der Waals surface area contributed by atoms with Gasteiger partial charge in [-0.05, 0) is 24.1 Å². The van der Waals surface area contributed by atoms with Crippen LogP contribution in [0.5, 0.6) is 5.75 Å². The summed E-state index contributed by atoms with van der Waals surface area (Å²) in [5, 5.41) is 11.9. The Labute approximate surface area is 94.5 Å². The van der Waals surface area contributed by atoms with Crippen LogP contribution in [0, 0.1) is 0 Å². The Balaban J connectivity index is 2.38. The Morgan fingerprint density at radius 1 is 1.56 bits per heavy atom. The molecule has 0 bridgehead atoms. The van der Waals surface area contributed by atoms with Gasteiger partial charge < -0.3 is 14.7 Å². The van der Waals surface area contributed by atoms with Gasteiger partial charge in [-0.3, -0.25) is 0 Å². The lowest BCUT2D eigenvalue weighted by Crippen LogP contribution is -2.28. The predicted octanol–water partition coefficient (Wildman–Crippen LogP) is 1.81. The summed E-state index contributed by atoms with van der Waals surface area (Å²) in [6, 6.07) is 7.78. The molecule has 0 aromatic heterocycles. The van der Waals surface area contributed by atoms with Gasteiger partial charge in [0.05, 0.1) is 25.3 Å². The van der Waals surface area contributed by atoms with Gasteiger partial charge in [0, 0.05) is 6.61 Å². The van der Waals surface area contributed by atoms with Gasteiger partial charge in [-0.1, -0.05) is 12.1 Å². The normalized spacial score (nSPS) is 25.1. The van der Waals surface area contributed by atoms with Crippen LogP contribution >= 0.6 is 0 Å². The highest BCUT2D eigenvalue weighted by molar-refractivity contribution is 5.74. The fourth-order valence-corrected chi connectivity index (χ4v) is 2.03.